The van der Waals surface area contributed by atoms with Gasteiger partial charge < -0.3 is 9.84 Å². The molecule has 0 bridgehead atoms. The molecule has 0 aliphatic heterocycles. The maximum atomic E-state index is 11.8. The number of rotatable bonds is 4. The van der Waals surface area contributed by atoms with E-state index in [4.69, 9.17) is 4.74 Å². The Morgan fingerprint density at radius 2 is 1.53 bits per heavy atom. The summed E-state index contributed by atoms with van der Waals surface area (Å²) in [6.45, 7) is 1.96. The Bertz CT molecular complexity index is 560. The Morgan fingerprint density at radius 1 is 1.00 bits per heavy atom. The number of aliphatic carboxylic acids is 1. The van der Waals surface area contributed by atoms with Crippen molar-refractivity contribution >= 4 is 5.97 Å². The molecule has 1 unspecified atom stereocenters. The first kappa shape index (κ1) is 13.3. The molecule has 0 aromatic heterocycles. The second kappa shape index (κ2) is 5.24. The van der Waals surface area contributed by atoms with E-state index in [-0.39, 0.29) is 0 Å². The molecule has 2 aromatic carbocycles. The van der Waals surface area contributed by atoms with E-state index in [2.05, 4.69) is 0 Å². The highest BCUT2D eigenvalue weighted by Gasteiger charge is 2.42. The smallest absolute Gasteiger partial charge is 0.345 e. The first-order valence-electron chi connectivity index (χ1n) is 6.02. The van der Waals surface area contributed by atoms with Crippen LogP contribution in [0, 0.1) is 6.92 Å². The number of hydrogen-bond donors (Lipinski definition) is 1. The molecule has 0 aliphatic carbocycles. The van der Waals surface area contributed by atoms with Gasteiger partial charge in [-0.3, -0.25) is 0 Å². The molecule has 3 heteroatoms. The third-order valence-electron chi connectivity index (χ3n) is 3.25. The minimum Gasteiger partial charge on any atom is -0.479 e. The second-order valence-electron chi connectivity index (χ2n) is 4.42. The molecule has 0 radical (unpaired) electrons. The summed E-state index contributed by atoms with van der Waals surface area (Å²) in [5.41, 5.74) is 0.829. The molecule has 0 saturated heterocycles. The van der Waals surface area contributed by atoms with Crippen molar-refractivity contribution in [3.8, 4) is 0 Å². The summed E-state index contributed by atoms with van der Waals surface area (Å²) in [5, 5.41) is 9.67. The molecule has 2 aromatic rings. The zero-order valence-electron chi connectivity index (χ0n) is 11.0. The molecule has 0 aliphatic rings. The number of carbonyl (C=O) groups is 1. The molecule has 2 rings (SSSR count). The van der Waals surface area contributed by atoms with Gasteiger partial charge in [0.05, 0.1) is 0 Å². The predicted octanol–water partition coefficient (Wildman–Crippen LogP) is 2.97. The molecule has 0 fully saturated rings. The highest BCUT2D eigenvalue weighted by Crippen LogP contribution is 2.33. The molecule has 19 heavy (non-hydrogen) atoms. The maximum Gasteiger partial charge on any atom is 0.345 e. The molecule has 3 nitrogen and oxygen atoms in total. The minimum absolute atomic E-state index is 0.605. The summed E-state index contributed by atoms with van der Waals surface area (Å²) in [5.74, 6) is -1.02. The normalized spacial score (nSPS) is 13.8. The monoisotopic (exact) mass is 256 g/mol. The fourth-order valence-corrected chi connectivity index (χ4v) is 2.20. The molecule has 0 spiro atoms. The van der Waals surface area contributed by atoms with E-state index in [0.717, 1.165) is 5.56 Å². The Labute approximate surface area is 112 Å². The number of aryl methyl sites for hydroxylation is 1. The van der Waals surface area contributed by atoms with Gasteiger partial charge in [-0.2, -0.15) is 0 Å². The number of methoxy groups -OCH3 is 1. The fourth-order valence-electron chi connectivity index (χ4n) is 2.20. The van der Waals surface area contributed by atoms with E-state index in [1.165, 1.54) is 7.11 Å². The van der Waals surface area contributed by atoms with Crippen LogP contribution in [0.25, 0.3) is 0 Å². The van der Waals surface area contributed by atoms with E-state index in [0.29, 0.717) is 11.1 Å². The maximum absolute atomic E-state index is 11.8. The molecule has 0 amide bonds. The van der Waals surface area contributed by atoms with Gasteiger partial charge in [0, 0.05) is 7.11 Å². The second-order valence-corrected chi connectivity index (χ2v) is 4.42. The molecule has 1 N–H and O–H groups in total. The largest absolute Gasteiger partial charge is 0.479 e. The van der Waals surface area contributed by atoms with Gasteiger partial charge in [0.1, 0.15) is 0 Å². The number of carboxylic acids is 1. The Hall–Kier alpha value is -2.13. The first-order valence-corrected chi connectivity index (χ1v) is 6.02. The Morgan fingerprint density at radius 3 is 2.00 bits per heavy atom. The predicted molar refractivity (Wildman–Crippen MR) is 73.0 cm³/mol. The molecule has 0 saturated carbocycles. The lowest BCUT2D eigenvalue weighted by molar-refractivity contribution is -0.158. The standard InChI is InChI=1S/C16H16O3/c1-12-8-10-14(11-9-12)16(19-2,15(17)18)13-6-4-3-5-7-13/h3-11H,1-2H3,(H,17,18). The quantitative estimate of drug-likeness (QED) is 0.914. The van der Waals surface area contributed by atoms with Crippen molar-refractivity contribution in [2.45, 2.75) is 12.5 Å². The lowest BCUT2D eigenvalue weighted by Crippen LogP contribution is -2.39. The van der Waals surface area contributed by atoms with E-state index in [1.54, 1.807) is 36.4 Å². The highest BCUT2D eigenvalue weighted by molar-refractivity contribution is 5.84. The summed E-state index contributed by atoms with van der Waals surface area (Å²) < 4.78 is 5.41. The van der Waals surface area contributed by atoms with Gasteiger partial charge in [-0.15, -0.1) is 0 Å². The summed E-state index contributed by atoms with van der Waals surface area (Å²) in [6, 6.07) is 16.3. The van der Waals surface area contributed by atoms with Gasteiger partial charge in [0.15, 0.2) is 0 Å². The van der Waals surface area contributed by atoms with Crippen molar-refractivity contribution in [3.05, 3.63) is 71.3 Å². The molecule has 0 heterocycles. The minimum atomic E-state index is -1.46. The van der Waals surface area contributed by atoms with Gasteiger partial charge in [-0.1, -0.05) is 60.2 Å². The zero-order valence-corrected chi connectivity index (χ0v) is 11.0. The average molecular weight is 256 g/mol. The number of ether oxygens (including phenoxy) is 1. The van der Waals surface area contributed by atoms with Crippen LogP contribution >= 0.6 is 0 Å². The summed E-state index contributed by atoms with van der Waals surface area (Å²) in [6.07, 6.45) is 0. The van der Waals surface area contributed by atoms with E-state index in [9.17, 15) is 9.90 Å². The lowest BCUT2D eigenvalue weighted by Gasteiger charge is -2.29. The van der Waals surface area contributed by atoms with Gasteiger partial charge >= 0.3 is 5.97 Å². The van der Waals surface area contributed by atoms with Crippen LogP contribution < -0.4 is 0 Å². The van der Waals surface area contributed by atoms with E-state index >= 15 is 0 Å². The van der Waals surface area contributed by atoms with Crippen LogP contribution in [0.1, 0.15) is 16.7 Å². The topological polar surface area (TPSA) is 46.5 Å². The molecular weight excluding hydrogens is 240 g/mol. The van der Waals surface area contributed by atoms with Crippen LogP contribution in [0.15, 0.2) is 54.6 Å². The van der Waals surface area contributed by atoms with Gasteiger partial charge in [0.2, 0.25) is 5.60 Å². The van der Waals surface area contributed by atoms with Crippen LogP contribution in [-0.2, 0) is 15.1 Å². The van der Waals surface area contributed by atoms with E-state index < -0.39 is 11.6 Å². The number of hydrogen-bond acceptors (Lipinski definition) is 2. The van der Waals surface area contributed by atoms with Crippen molar-refractivity contribution in [1.82, 2.24) is 0 Å². The van der Waals surface area contributed by atoms with Gasteiger partial charge in [0.25, 0.3) is 0 Å². The van der Waals surface area contributed by atoms with Crippen LogP contribution in [-0.4, -0.2) is 18.2 Å². The van der Waals surface area contributed by atoms with Crippen LogP contribution in [0.3, 0.4) is 0 Å². The van der Waals surface area contributed by atoms with Crippen molar-refractivity contribution in [3.63, 3.8) is 0 Å². The lowest BCUT2D eigenvalue weighted by atomic mass is 9.86. The summed E-state index contributed by atoms with van der Waals surface area (Å²) in [4.78, 5) is 11.8. The third-order valence-corrected chi connectivity index (χ3v) is 3.25. The Kier molecular flexibility index (Phi) is 3.67. The van der Waals surface area contributed by atoms with Crippen molar-refractivity contribution < 1.29 is 14.6 Å². The summed E-state index contributed by atoms with van der Waals surface area (Å²) in [7, 11) is 1.42. The molecule has 1 atom stereocenters. The number of benzene rings is 2. The van der Waals surface area contributed by atoms with Crippen LogP contribution in [0.5, 0.6) is 0 Å². The van der Waals surface area contributed by atoms with E-state index in [1.807, 2.05) is 25.1 Å². The molecule has 98 valence electrons. The highest BCUT2D eigenvalue weighted by atomic mass is 16.5. The van der Waals surface area contributed by atoms with Gasteiger partial charge in [-0.05, 0) is 18.1 Å². The van der Waals surface area contributed by atoms with Crippen LogP contribution in [0.2, 0.25) is 0 Å². The fraction of sp³-hybridized carbons (Fsp3) is 0.188. The van der Waals surface area contributed by atoms with Crippen LogP contribution in [0.4, 0.5) is 0 Å². The van der Waals surface area contributed by atoms with Crippen molar-refractivity contribution in [2.75, 3.05) is 7.11 Å². The molecular formula is C16H16O3. The zero-order chi connectivity index (χ0) is 13.9. The Balaban J connectivity index is 2.64. The average Bonchev–Trinajstić information content (AvgIpc) is 2.43. The van der Waals surface area contributed by atoms with Crippen molar-refractivity contribution in [1.29, 1.82) is 0 Å². The first-order chi connectivity index (χ1) is 9.11. The van der Waals surface area contributed by atoms with Crippen molar-refractivity contribution in [2.24, 2.45) is 0 Å². The van der Waals surface area contributed by atoms with Gasteiger partial charge in [-0.25, -0.2) is 4.79 Å². The number of carboxylic acid groups (broad SMARTS) is 1. The summed E-state index contributed by atoms with van der Waals surface area (Å²) >= 11 is 0. The third kappa shape index (κ3) is 2.25. The SMILES string of the molecule is COC(C(=O)O)(c1ccccc1)c1ccc(C)cc1.